The number of carbonyl (C=O) groups is 1. The van der Waals surface area contributed by atoms with Gasteiger partial charge in [-0.3, -0.25) is 4.79 Å². The first-order valence-electron chi connectivity index (χ1n) is 7.30. The van der Waals surface area contributed by atoms with Gasteiger partial charge >= 0.3 is 6.18 Å². The van der Waals surface area contributed by atoms with E-state index in [2.05, 4.69) is 0 Å². The quantitative estimate of drug-likeness (QED) is 0.906. The van der Waals surface area contributed by atoms with Gasteiger partial charge in [0.05, 0.1) is 11.1 Å². The second kappa shape index (κ2) is 5.15. The minimum atomic E-state index is -4.32. The van der Waals surface area contributed by atoms with Crippen LogP contribution in [-0.2, 0) is 11.0 Å². The van der Waals surface area contributed by atoms with Crippen molar-refractivity contribution in [1.82, 2.24) is 4.90 Å². The Kier molecular flexibility index (Phi) is 3.55. The van der Waals surface area contributed by atoms with Gasteiger partial charge in [0.1, 0.15) is 0 Å². The van der Waals surface area contributed by atoms with Crippen LogP contribution in [0.4, 0.5) is 18.9 Å². The van der Waals surface area contributed by atoms with Gasteiger partial charge in [0.25, 0.3) is 0 Å². The van der Waals surface area contributed by atoms with Crippen molar-refractivity contribution in [3.8, 4) is 0 Å². The molecule has 0 aromatic heterocycles. The molecule has 1 aliphatic heterocycles. The maximum absolute atomic E-state index is 12.5. The zero-order valence-corrected chi connectivity index (χ0v) is 12.1. The number of hydrogen-bond donors (Lipinski definition) is 1. The van der Waals surface area contributed by atoms with Crippen LogP contribution in [0.15, 0.2) is 24.3 Å². The van der Waals surface area contributed by atoms with E-state index in [4.69, 9.17) is 5.73 Å². The number of benzene rings is 1. The number of nitrogens with zero attached hydrogens (tertiary/aromatic N) is 2. The maximum Gasteiger partial charge on any atom is 0.416 e. The summed E-state index contributed by atoms with van der Waals surface area (Å²) >= 11 is 0. The Hall–Kier alpha value is -1.76. The van der Waals surface area contributed by atoms with Crippen molar-refractivity contribution < 1.29 is 18.0 Å². The molecule has 22 heavy (non-hydrogen) atoms. The molecule has 1 amide bonds. The molecule has 7 heteroatoms. The molecule has 1 saturated heterocycles. The number of rotatable bonds is 2. The van der Waals surface area contributed by atoms with Gasteiger partial charge in [-0.05, 0) is 37.1 Å². The molecular formula is C15H18F3N3O. The van der Waals surface area contributed by atoms with Crippen molar-refractivity contribution in [2.45, 2.75) is 24.6 Å². The molecule has 0 unspecified atom stereocenters. The molecule has 1 saturated carbocycles. The van der Waals surface area contributed by atoms with Crippen LogP contribution in [0.2, 0.25) is 0 Å². The molecule has 0 bridgehead atoms. The van der Waals surface area contributed by atoms with Crippen LogP contribution in [0.1, 0.15) is 18.4 Å². The first-order valence-corrected chi connectivity index (χ1v) is 7.30. The monoisotopic (exact) mass is 313 g/mol. The molecule has 0 spiro atoms. The van der Waals surface area contributed by atoms with Crippen LogP contribution in [0.25, 0.3) is 0 Å². The number of halogens is 3. The normalized spacial score (nSPS) is 20.9. The number of hydrogen-bond acceptors (Lipinski definition) is 3. The van der Waals surface area contributed by atoms with Gasteiger partial charge in [0.2, 0.25) is 5.91 Å². The summed E-state index contributed by atoms with van der Waals surface area (Å²) in [4.78, 5) is 15.9. The van der Waals surface area contributed by atoms with Gasteiger partial charge in [-0.15, -0.1) is 0 Å². The fraction of sp³-hybridized carbons (Fsp3) is 0.533. The van der Waals surface area contributed by atoms with Crippen molar-refractivity contribution in [2.24, 2.45) is 5.73 Å². The van der Waals surface area contributed by atoms with Crippen LogP contribution in [0, 0.1) is 0 Å². The summed E-state index contributed by atoms with van der Waals surface area (Å²) in [5.41, 5.74) is 5.35. The molecule has 1 aliphatic carbocycles. The van der Waals surface area contributed by atoms with E-state index < -0.39 is 17.3 Å². The van der Waals surface area contributed by atoms with E-state index in [1.807, 2.05) is 4.90 Å². The SMILES string of the molecule is NC1(C(=O)N2CCN(c3ccc(C(F)(F)F)cc3)CC2)CC1. The van der Waals surface area contributed by atoms with E-state index in [0.717, 1.165) is 30.7 Å². The third-order valence-corrected chi connectivity index (χ3v) is 4.34. The highest BCUT2D eigenvalue weighted by Gasteiger charge is 2.48. The largest absolute Gasteiger partial charge is 0.416 e. The van der Waals surface area contributed by atoms with Gasteiger partial charge < -0.3 is 15.5 Å². The highest BCUT2D eigenvalue weighted by Crippen LogP contribution is 2.35. The van der Waals surface area contributed by atoms with Crippen LogP contribution < -0.4 is 10.6 Å². The average Bonchev–Trinajstić information content (AvgIpc) is 3.25. The zero-order chi connectivity index (χ0) is 16.0. The number of nitrogens with two attached hydrogens (primary N) is 1. The summed E-state index contributed by atoms with van der Waals surface area (Å²) in [6.45, 7) is 2.32. The van der Waals surface area contributed by atoms with Gasteiger partial charge in [-0.25, -0.2) is 0 Å². The van der Waals surface area contributed by atoms with Crippen molar-refractivity contribution in [3.63, 3.8) is 0 Å². The lowest BCUT2D eigenvalue weighted by molar-refractivity contribution is -0.137. The lowest BCUT2D eigenvalue weighted by Crippen LogP contribution is -2.54. The molecule has 1 aromatic rings. The number of alkyl halides is 3. The number of carbonyl (C=O) groups excluding carboxylic acids is 1. The van der Waals surface area contributed by atoms with Crippen LogP contribution in [0.5, 0.6) is 0 Å². The lowest BCUT2D eigenvalue weighted by atomic mass is 10.1. The molecule has 1 aromatic carbocycles. The van der Waals surface area contributed by atoms with Gasteiger partial charge in [-0.1, -0.05) is 0 Å². The van der Waals surface area contributed by atoms with Gasteiger partial charge in [0.15, 0.2) is 0 Å². The third-order valence-electron chi connectivity index (χ3n) is 4.34. The maximum atomic E-state index is 12.5. The summed E-state index contributed by atoms with van der Waals surface area (Å²) in [6, 6.07) is 5.13. The second-order valence-electron chi connectivity index (χ2n) is 5.98. The zero-order valence-electron chi connectivity index (χ0n) is 12.1. The summed E-state index contributed by atoms with van der Waals surface area (Å²) in [5, 5.41) is 0. The van der Waals surface area contributed by atoms with E-state index in [1.54, 1.807) is 4.90 Å². The molecule has 120 valence electrons. The van der Waals surface area contributed by atoms with Crippen LogP contribution in [0.3, 0.4) is 0 Å². The molecule has 1 heterocycles. The van der Waals surface area contributed by atoms with Gasteiger partial charge in [0, 0.05) is 31.9 Å². The number of amides is 1. The first-order chi connectivity index (χ1) is 10.3. The van der Waals surface area contributed by atoms with Crippen molar-refractivity contribution in [3.05, 3.63) is 29.8 Å². The summed E-state index contributed by atoms with van der Waals surface area (Å²) in [7, 11) is 0. The Bertz CT molecular complexity index is 558. The molecule has 2 N–H and O–H groups in total. The molecule has 4 nitrogen and oxygen atoms in total. The Morgan fingerprint density at radius 3 is 2.05 bits per heavy atom. The molecule has 2 aliphatic rings. The predicted octanol–water partition coefficient (Wildman–Crippen LogP) is 1.85. The summed E-state index contributed by atoms with van der Waals surface area (Å²) in [5.74, 6) is -0.000399. The summed E-state index contributed by atoms with van der Waals surface area (Å²) in [6.07, 6.45) is -2.83. The van der Waals surface area contributed by atoms with E-state index in [-0.39, 0.29) is 5.91 Å². The average molecular weight is 313 g/mol. The van der Waals surface area contributed by atoms with Crippen molar-refractivity contribution in [2.75, 3.05) is 31.1 Å². The van der Waals surface area contributed by atoms with E-state index >= 15 is 0 Å². The number of piperazine rings is 1. The van der Waals surface area contributed by atoms with Crippen LogP contribution in [-0.4, -0.2) is 42.5 Å². The number of anilines is 1. The predicted molar refractivity (Wildman–Crippen MR) is 76.4 cm³/mol. The Morgan fingerprint density at radius 2 is 1.59 bits per heavy atom. The standard InChI is InChI=1S/C15H18F3N3O/c16-15(17,18)11-1-3-12(4-2-11)20-7-9-21(10-8-20)13(22)14(19)5-6-14/h1-4H,5-10,19H2. The van der Waals surface area contributed by atoms with Gasteiger partial charge in [-0.2, -0.15) is 13.2 Å². The smallest absolute Gasteiger partial charge is 0.368 e. The fourth-order valence-corrected chi connectivity index (χ4v) is 2.69. The fourth-order valence-electron chi connectivity index (χ4n) is 2.69. The first kappa shape index (κ1) is 15.1. The van der Waals surface area contributed by atoms with E-state index in [1.165, 1.54) is 12.1 Å². The highest BCUT2D eigenvalue weighted by atomic mass is 19.4. The molecule has 2 fully saturated rings. The lowest BCUT2D eigenvalue weighted by Gasteiger charge is -2.37. The minimum Gasteiger partial charge on any atom is -0.368 e. The minimum absolute atomic E-state index is 0.000399. The van der Waals surface area contributed by atoms with Crippen molar-refractivity contribution in [1.29, 1.82) is 0 Å². The van der Waals surface area contributed by atoms with E-state index in [0.29, 0.717) is 26.2 Å². The molecule has 0 atom stereocenters. The summed E-state index contributed by atoms with van der Waals surface area (Å²) < 4.78 is 37.6. The molecule has 3 rings (SSSR count). The van der Waals surface area contributed by atoms with E-state index in [9.17, 15) is 18.0 Å². The molecular weight excluding hydrogens is 295 g/mol. The third kappa shape index (κ3) is 2.90. The topological polar surface area (TPSA) is 49.6 Å². The van der Waals surface area contributed by atoms with Crippen LogP contribution >= 0.6 is 0 Å². The Labute approximate surface area is 126 Å². The Balaban J connectivity index is 1.60. The highest BCUT2D eigenvalue weighted by molar-refractivity contribution is 5.89. The molecule has 0 radical (unpaired) electrons. The Morgan fingerprint density at radius 1 is 1.05 bits per heavy atom. The van der Waals surface area contributed by atoms with Crippen molar-refractivity contribution >= 4 is 11.6 Å². The second-order valence-corrected chi connectivity index (χ2v) is 5.98.